The Morgan fingerprint density at radius 3 is 2.89 bits per heavy atom. The smallest absolute Gasteiger partial charge is 0.200 e. The maximum atomic E-state index is 10.0. The highest BCUT2D eigenvalue weighted by Crippen LogP contribution is 1.69. The van der Waals surface area contributed by atoms with Gasteiger partial charge in [0.25, 0.3) is 0 Å². The largest absolute Gasteiger partial charge is 0.380 e. The summed E-state index contributed by atoms with van der Waals surface area (Å²) in [6.07, 6.45) is 0. The molecule has 0 rings (SSSR count). The number of amides is 1. The number of hydrogen-bond donors (Lipinski definition) is 1. The minimum Gasteiger partial charge on any atom is -0.380 e. The van der Waals surface area contributed by atoms with Crippen LogP contribution in [0.15, 0.2) is 0 Å². The molecular formula is C5H10BNO2. The topological polar surface area (TPSA) is 38.3 Å². The Hall–Kier alpha value is -0.505. The van der Waals surface area contributed by atoms with Gasteiger partial charge in [0.15, 0.2) is 13.7 Å². The van der Waals surface area contributed by atoms with Crippen LogP contribution >= 0.6 is 0 Å². The van der Waals surface area contributed by atoms with Gasteiger partial charge in [0, 0.05) is 13.2 Å². The first kappa shape index (κ1) is 8.49. The number of rotatable bonds is 4. The average molecular weight is 127 g/mol. The van der Waals surface area contributed by atoms with E-state index in [4.69, 9.17) is 12.6 Å². The van der Waals surface area contributed by atoms with Crippen molar-refractivity contribution in [3.05, 3.63) is 0 Å². The molecule has 0 atom stereocenters. The summed E-state index contributed by atoms with van der Waals surface area (Å²) in [6, 6.07) is 0. The maximum Gasteiger partial charge on any atom is 0.200 e. The molecule has 0 heterocycles. The Morgan fingerprint density at radius 2 is 2.44 bits per heavy atom. The zero-order chi connectivity index (χ0) is 7.11. The van der Waals surface area contributed by atoms with Gasteiger partial charge in [-0.15, -0.1) is 0 Å². The van der Waals surface area contributed by atoms with E-state index in [1.165, 1.54) is 0 Å². The second-order valence-electron chi connectivity index (χ2n) is 1.49. The lowest BCUT2D eigenvalue weighted by molar-refractivity contribution is 0.150. The molecule has 2 radical (unpaired) electrons. The molecule has 3 nitrogen and oxygen atoms in total. The number of nitrogens with one attached hydrogen (secondary N) is 1. The van der Waals surface area contributed by atoms with Crippen molar-refractivity contribution in [3.63, 3.8) is 0 Å². The molecule has 0 aliphatic carbocycles. The zero-order valence-electron chi connectivity index (χ0n) is 5.52. The Balaban J connectivity index is 2.83. The SMILES string of the molecule is [B]C(=O)NCCOCC. The van der Waals surface area contributed by atoms with Crippen LogP contribution in [0.4, 0.5) is 4.79 Å². The summed E-state index contributed by atoms with van der Waals surface area (Å²) in [5, 5.41) is 2.39. The number of carbonyl (C=O) groups is 1. The van der Waals surface area contributed by atoms with Crippen LogP contribution in [0.25, 0.3) is 0 Å². The van der Waals surface area contributed by atoms with E-state index in [1.54, 1.807) is 0 Å². The summed E-state index contributed by atoms with van der Waals surface area (Å²) in [5.41, 5.74) is 0. The van der Waals surface area contributed by atoms with Gasteiger partial charge >= 0.3 is 0 Å². The molecule has 0 saturated heterocycles. The lowest BCUT2D eigenvalue weighted by Crippen LogP contribution is -2.25. The van der Waals surface area contributed by atoms with Crippen molar-refractivity contribution < 1.29 is 9.53 Å². The molecule has 1 N–H and O–H groups in total. The van der Waals surface area contributed by atoms with Gasteiger partial charge < -0.3 is 10.1 Å². The van der Waals surface area contributed by atoms with E-state index < -0.39 is 5.81 Å². The first-order chi connectivity index (χ1) is 4.27. The molecular weight excluding hydrogens is 117 g/mol. The van der Waals surface area contributed by atoms with Crippen LogP contribution in [-0.4, -0.2) is 33.4 Å². The van der Waals surface area contributed by atoms with Crippen molar-refractivity contribution >= 4 is 13.7 Å². The summed E-state index contributed by atoms with van der Waals surface area (Å²) >= 11 is 0. The zero-order valence-corrected chi connectivity index (χ0v) is 5.52. The lowest BCUT2D eigenvalue weighted by Gasteiger charge is -2.00. The molecule has 0 aromatic heterocycles. The van der Waals surface area contributed by atoms with Crippen molar-refractivity contribution in [1.82, 2.24) is 5.32 Å². The Labute approximate surface area is 56.2 Å². The summed E-state index contributed by atoms with van der Waals surface area (Å²) in [5.74, 6) is -0.505. The van der Waals surface area contributed by atoms with Gasteiger partial charge in [0.05, 0.1) is 6.61 Å². The van der Waals surface area contributed by atoms with Crippen molar-refractivity contribution in [2.24, 2.45) is 0 Å². The second kappa shape index (κ2) is 5.63. The molecule has 0 aromatic carbocycles. The van der Waals surface area contributed by atoms with Crippen LogP contribution in [0.3, 0.4) is 0 Å². The molecule has 50 valence electrons. The molecule has 0 spiro atoms. The van der Waals surface area contributed by atoms with E-state index in [1.807, 2.05) is 6.92 Å². The van der Waals surface area contributed by atoms with Crippen LogP contribution in [0.2, 0.25) is 0 Å². The van der Waals surface area contributed by atoms with Gasteiger partial charge in [0.2, 0.25) is 0 Å². The fourth-order valence-electron chi connectivity index (χ4n) is 0.391. The highest BCUT2D eigenvalue weighted by atomic mass is 16.5. The molecule has 0 aromatic rings. The quantitative estimate of drug-likeness (QED) is 0.423. The highest BCUT2D eigenvalue weighted by molar-refractivity contribution is 6.57. The molecule has 4 heteroatoms. The third-order valence-electron chi connectivity index (χ3n) is 0.750. The minimum absolute atomic E-state index is 0.489. The van der Waals surface area contributed by atoms with E-state index >= 15 is 0 Å². The van der Waals surface area contributed by atoms with Crippen molar-refractivity contribution in [1.29, 1.82) is 0 Å². The Kier molecular flexibility index (Phi) is 5.31. The normalized spacial score (nSPS) is 9.00. The second-order valence-corrected chi connectivity index (χ2v) is 1.49. The molecule has 0 fully saturated rings. The van der Waals surface area contributed by atoms with Crippen LogP contribution in [0.1, 0.15) is 6.92 Å². The third-order valence-corrected chi connectivity index (χ3v) is 0.750. The first-order valence-corrected chi connectivity index (χ1v) is 2.88. The fraction of sp³-hybridized carbons (Fsp3) is 0.800. The van der Waals surface area contributed by atoms with Gasteiger partial charge in [-0.25, -0.2) is 0 Å². The predicted octanol–water partition coefficient (Wildman–Crippen LogP) is -0.0990. The molecule has 9 heavy (non-hydrogen) atoms. The molecule has 0 saturated carbocycles. The number of hydrogen-bond acceptors (Lipinski definition) is 2. The van der Waals surface area contributed by atoms with E-state index in [2.05, 4.69) is 5.32 Å². The minimum atomic E-state index is -0.505. The highest BCUT2D eigenvalue weighted by Gasteiger charge is 1.87. The van der Waals surface area contributed by atoms with E-state index in [0.717, 1.165) is 0 Å². The van der Waals surface area contributed by atoms with Crippen molar-refractivity contribution in [3.8, 4) is 0 Å². The number of ether oxygens (including phenoxy) is 1. The van der Waals surface area contributed by atoms with E-state index in [0.29, 0.717) is 19.8 Å². The summed E-state index contributed by atoms with van der Waals surface area (Å²) in [6.45, 7) is 3.58. The number of carbonyl (C=O) groups excluding carboxylic acids is 1. The predicted molar refractivity (Wildman–Crippen MR) is 35.6 cm³/mol. The standard InChI is InChI=1S/C5H10BNO2/c1-2-9-4-3-7-5(6)8/h2-4H2,1H3,(H,7,8). The maximum absolute atomic E-state index is 10.0. The summed E-state index contributed by atoms with van der Waals surface area (Å²) in [4.78, 5) is 10.0. The summed E-state index contributed by atoms with van der Waals surface area (Å²) in [7, 11) is 4.77. The fourth-order valence-corrected chi connectivity index (χ4v) is 0.391. The third kappa shape index (κ3) is 7.49. The average Bonchev–Trinajstić information content (AvgIpc) is 1.80. The van der Waals surface area contributed by atoms with E-state index in [-0.39, 0.29) is 0 Å². The molecule has 0 unspecified atom stereocenters. The van der Waals surface area contributed by atoms with Gasteiger partial charge in [-0.3, -0.25) is 4.79 Å². The van der Waals surface area contributed by atoms with Gasteiger partial charge in [-0.1, -0.05) is 0 Å². The molecule has 1 amide bonds. The van der Waals surface area contributed by atoms with E-state index in [9.17, 15) is 4.79 Å². The van der Waals surface area contributed by atoms with Crippen LogP contribution in [0.5, 0.6) is 0 Å². The van der Waals surface area contributed by atoms with Crippen molar-refractivity contribution in [2.45, 2.75) is 6.92 Å². The Morgan fingerprint density at radius 1 is 1.78 bits per heavy atom. The molecule has 0 bridgehead atoms. The lowest BCUT2D eigenvalue weighted by atomic mass is 10.1. The first-order valence-electron chi connectivity index (χ1n) is 2.88. The molecule has 0 aliphatic heterocycles. The van der Waals surface area contributed by atoms with Crippen molar-refractivity contribution in [2.75, 3.05) is 19.8 Å². The van der Waals surface area contributed by atoms with Gasteiger partial charge in [-0.2, -0.15) is 0 Å². The summed E-state index contributed by atoms with van der Waals surface area (Å²) < 4.78 is 4.91. The van der Waals surface area contributed by atoms with Crippen LogP contribution in [-0.2, 0) is 4.74 Å². The monoisotopic (exact) mass is 127 g/mol. The van der Waals surface area contributed by atoms with Gasteiger partial charge in [-0.05, 0) is 6.92 Å². The van der Waals surface area contributed by atoms with Gasteiger partial charge in [0.1, 0.15) is 0 Å². The molecule has 0 aliphatic rings. The van der Waals surface area contributed by atoms with Crippen LogP contribution < -0.4 is 5.32 Å². The van der Waals surface area contributed by atoms with Crippen LogP contribution in [0, 0.1) is 0 Å². The Bertz CT molecular complexity index is 87.0.